The SMILES string of the molecule is CCN(CC)Cc1ccc(C(=O)N(C)Cc2ccc3c(c2)OCCO3)cc1. The Kier molecular flexibility index (Phi) is 6.35. The van der Waals surface area contributed by atoms with Gasteiger partial charge in [-0.05, 0) is 48.5 Å². The molecule has 0 radical (unpaired) electrons. The molecule has 0 atom stereocenters. The molecule has 0 N–H and O–H groups in total. The number of fused-ring (bicyclic) bond motifs is 1. The predicted molar refractivity (Wildman–Crippen MR) is 106 cm³/mol. The second-order valence-corrected chi connectivity index (χ2v) is 6.80. The van der Waals surface area contributed by atoms with Crippen LogP contribution in [0.4, 0.5) is 0 Å². The molecule has 0 aliphatic carbocycles. The summed E-state index contributed by atoms with van der Waals surface area (Å²) in [5.74, 6) is 1.53. The molecule has 0 spiro atoms. The molecule has 2 aromatic rings. The van der Waals surface area contributed by atoms with Crippen LogP contribution in [0.2, 0.25) is 0 Å². The van der Waals surface area contributed by atoms with Gasteiger partial charge in [-0.1, -0.05) is 32.0 Å². The first-order chi connectivity index (χ1) is 13.1. The van der Waals surface area contributed by atoms with E-state index >= 15 is 0 Å². The highest BCUT2D eigenvalue weighted by Gasteiger charge is 2.15. The fraction of sp³-hybridized carbons (Fsp3) is 0.409. The topological polar surface area (TPSA) is 42.0 Å². The average molecular weight is 368 g/mol. The van der Waals surface area contributed by atoms with Gasteiger partial charge in [0.25, 0.3) is 5.91 Å². The first-order valence-corrected chi connectivity index (χ1v) is 9.56. The molecule has 3 rings (SSSR count). The van der Waals surface area contributed by atoms with Crippen molar-refractivity contribution in [3.63, 3.8) is 0 Å². The summed E-state index contributed by atoms with van der Waals surface area (Å²) in [4.78, 5) is 16.8. The number of nitrogens with zero attached hydrogens (tertiary/aromatic N) is 2. The van der Waals surface area contributed by atoms with Crippen LogP contribution in [0.1, 0.15) is 35.3 Å². The van der Waals surface area contributed by atoms with Gasteiger partial charge in [-0.3, -0.25) is 9.69 Å². The Morgan fingerprint density at radius 2 is 1.52 bits per heavy atom. The van der Waals surface area contributed by atoms with E-state index in [-0.39, 0.29) is 5.91 Å². The van der Waals surface area contributed by atoms with Gasteiger partial charge in [0.1, 0.15) is 13.2 Å². The van der Waals surface area contributed by atoms with Gasteiger partial charge in [0.05, 0.1) is 0 Å². The highest BCUT2D eigenvalue weighted by Crippen LogP contribution is 2.31. The number of carbonyl (C=O) groups is 1. The number of carbonyl (C=O) groups excluding carboxylic acids is 1. The van der Waals surface area contributed by atoms with E-state index in [1.54, 1.807) is 4.90 Å². The summed E-state index contributed by atoms with van der Waals surface area (Å²) >= 11 is 0. The lowest BCUT2D eigenvalue weighted by atomic mass is 10.1. The van der Waals surface area contributed by atoms with Crippen molar-refractivity contribution in [2.24, 2.45) is 0 Å². The van der Waals surface area contributed by atoms with Gasteiger partial charge in [-0.15, -0.1) is 0 Å². The molecule has 0 saturated heterocycles. The summed E-state index contributed by atoms with van der Waals surface area (Å²) in [6.07, 6.45) is 0. The molecular weight excluding hydrogens is 340 g/mol. The molecule has 1 amide bonds. The molecular formula is C22H28N2O3. The number of amides is 1. The Morgan fingerprint density at radius 1 is 0.889 bits per heavy atom. The predicted octanol–water partition coefficient (Wildman–Crippen LogP) is 3.57. The van der Waals surface area contributed by atoms with Crippen LogP contribution in [0.25, 0.3) is 0 Å². The van der Waals surface area contributed by atoms with Crippen LogP contribution in [0.5, 0.6) is 11.5 Å². The van der Waals surface area contributed by atoms with Crippen molar-refractivity contribution in [3.05, 3.63) is 59.2 Å². The molecule has 5 nitrogen and oxygen atoms in total. The number of hydrogen-bond donors (Lipinski definition) is 0. The van der Waals surface area contributed by atoms with Crippen LogP contribution in [-0.2, 0) is 13.1 Å². The van der Waals surface area contributed by atoms with E-state index in [0.29, 0.717) is 25.3 Å². The molecule has 0 aromatic heterocycles. The largest absolute Gasteiger partial charge is 0.486 e. The van der Waals surface area contributed by atoms with Crippen molar-refractivity contribution < 1.29 is 14.3 Å². The van der Waals surface area contributed by atoms with E-state index in [1.807, 2.05) is 49.5 Å². The van der Waals surface area contributed by atoms with Gasteiger partial charge in [0.2, 0.25) is 0 Å². The van der Waals surface area contributed by atoms with Crippen molar-refractivity contribution in [3.8, 4) is 11.5 Å². The van der Waals surface area contributed by atoms with Crippen molar-refractivity contribution in [1.82, 2.24) is 9.80 Å². The maximum absolute atomic E-state index is 12.7. The molecule has 144 valence electrons. The average Bonchev–Trinajstić information content (AvgIpc) is 2.71. The summed E-state index contributed by atoms with van der Waals surface area (Å²) in [5, 5.41) is 0. The molecule has 2 aromatic carbocycles. The molecule has 0 bridgehead atoms. The monoisotopic (exact) mass is 368 g/mol. The standard InChI is InChI=1S/C22H28N2O3/c1-4-24(5-2)16-17-6-9-19(10-7-17)22(25)23(3)15-18-8-11-20-21(14-18)27-13-12-26-20/h6-11,14H,4-5,12-13,15-16H2,1-3H3. The highest BCUT2D eigenvalue weighted by molar-refractivity contribution is 5.94. The van der Waals surface area contributed by atoms with Crippen molar-refractivity contribution >= 4 is 5.91 Å². The Bertz CT molecular complexity index is 770. The Morgan fingerprint density at radius 3 is 2.19 bits per heavy atom. The minimum absolute atomic E-state index is 0.0132. The minimum Gasteiger partial charge on any atom is -0.486 e. The summed E-state index contributed by atoms with van der Waals surface area (Å²) in [6.45, 7) is 8.94. The maximum Gasteiger partial charge on any atom is 0.253 e. The number of rotatable bonds is 7. The fourth-order valence-corrected chi connectivity index (χ4v) is 3.21. The van der Waals surface area contributed by atoms with E-state index in [4.69, 9.17) is 9.47 Å². The zero-order valence-electron chi connectivity index (χ0n) is 16.4. The fourth-order valence-electron chi connectivity index (χ4n) is 3.21. The normalized spacial score (nSPS) is 12.9. The third kappa shape index (κ3) is 4.80. The number of hydrogen-bond acceptors (Lipinski definition) is 4. The van der Waals surface area contributed by atoms with Crippen LogP contribution in [0.15, 0.2) is 42.5 Å². The van der Waals surface area contributed by atoms with Gasteiger partial charge >= 0.3 is 0 Å². The minimum atomic E-state index is 0.0132. The van der Waals surface area contributed by atoms with E-state index in [0.717, 1.165) is 36.7 Å². The first kappa shape index (κ1) is 19.2. The quantitative estimate of drug-likeness (QED) is 0.749. The summed E-state index contributed by atoms with van der Waals surface area (Å²) < 4.78 is 11.2. The van der Waals surface area contributed by atoms with Crippen LogP contribution in [0, 0.1) is 0 Å². The zero-order chi connectivity index (χ0) is 19.2. The Hall–Kier alpha value is -2.53. The second kappa shape index (κ2) is 8.91. The van der Waals surface area contributed by atoms with Crippen molar-refractivity contribution in [2.45, 2.75) is 26.9 Å². The van der Waals surface area contributed by atoms with Crippen molar-refractivity contribution in [1.29, 1.82) is 0 Å². The van der Waals surface area contributed by atoms with Gasteiger partial charge in [0, 0.05) is 25.7 Å². The van der Waals surface area contributed by atoms with E-state index in [1.165, 1.54) is 5.56 Å². The lowest BCUT2D eigenvalue weighted by Crippen LogP contribution is -2.26. The van der Waals surface area contributed by atoms with Gasteiger partial charge in [0.15, 0.2) is 11.5 Å². The van der Waals surface area contributed by atoms with E-state index in [2.05, 4.69) is 18.7 Å². The summed E-state index contributed by atoms with van der Waals surface area (Å²) in [7, 11) is 1.82. The molecule has 1 aliphatic rings. The van der Waals surface area contributed by atoms with Crippen LogP contribution in [-0.4, -0.2) is 49.1 Å². The van der Waals surface area contributed by atoms with E-state index in [9.17, 15) is 4.79 Å². The first-order valence-electron chi connectivity index (χ1n) is 9.56. The van der Waals surface area contributed by atoms with Gasteiger partial charge in [-0.2, -0.15) is 0 Å². The second-order valence-electron chi connectivity index (χ2n) is 6.80. The molecule has 1 aliphatic heterocycles. The number of benzene rings is 2. The van der Waals surface area contributed by atoms with E-state index < -0.39 is 0 Å². The van der Waals surface area contributed by atoms with Crippen LogP contribution in [0.3, 0.4) is 0 Å². The maximum atomic E-state index is 12.7. The third-order valence-corrected chi connectivity index (χ3v) is 4.87. The van der Waals surface area contributed by atoms with Crippen molar-refractivity contribution in [2.75, 3.05) is 33.4 Å². The molecule has 0 unspecified atom stereocenters. The van der Waals surface area contributed by atoms with Gasteiger partial charge < -0.3 is 14.4 Å². The number of ether oxygens (including phenoxy) is 2. The molecule has 0 fully saturated rings. The molecule has 5 heteroatoms. The Balaban J connectivity index is 1.63. The zero-order valence-corrected chi connectivity index (χ0v) is 16.4. The summed E-state index contributed by atoms with van der Waals surface area (Å²) in [6, 6.07) is 13.8. The van der Waals surface area contributed by atoms with Crippen LogP contribution < -0.4 is 9.47 Å². The Labute approximate surface area is 161 Å². The lowest BCUT2D eigenvalue weighted by molar-refractivity contribution is 0.0784. The molecule has 1 heterocycles. The summed E-state index contributed by atoms with van der Waals surface area (Å²) in [5.41, 5.74) is 2.95. The van der Waals surface area contributed by atoms with Crippen LogP contribution >= 0.6 is 0 Å². The third-order valence-electron chi connectivity index (χ3n) is 4.87. The van der Waals surface area contributed by atoms with Gasteiger partial charge in [-0.25, -0.2) is 0 Å². The molecule has 27 heavy (non-hydrogen) atoms. The highest BCUT2D eigenvalue weighted by atomic mass is 16.6. The lowest BCUT2D eigenvalue weighted by Gasteiger charge is -2.21. The smallest absolute Gasteiger partial charge is 0.253 e. The molecule has 0 saturated carbocycles.